The topological polar surface area (TPSA) is 51.2 Å². The number of thiazole rings is 1. The van der Waals surface area contributed by atoms with Gasteiger partial charge in [0.05, 0.1) is 17.9 Å². The summed E-state index contributed by atoms with van der Waals surface area (Å²) in [5.74, 6) is 1.12. The minimum Gasteiger partial charge on any atom is -0.490 e. The lowest BCUT2D eigenvalue weighted by molar-refractivity contribution is -0.122. The summed E-state index contributed by atoms with van der Waals surface area (Å²) in [6.07, 6.45) is 5.00. The fraction of sp³-hybridized carbons (Fsp3) is 0.412. The Labute approximate surface area is 134 Å². The molecule has 1 heterocycles. The Morgan fingerprint density at radius 3 is 2.82 bits per heavy atom. The first-order valence-electron chi connectivity index (χ1n) is 7.66. The van der Waals surface area contributed by atoms with Gasteiger partial charge in [-0.05, 0) is 38.8 Å². The van der Waals surface area contributed by atoms with Gasteiger partial charge < -0.3 is 10.1 Å². The number of hydrogen-bond acceptors (Lipinski definition) is 4. The van der Waals surface area contributed by atoms with Crippen molar-refractivity contribution in [3.05, 3.63) is 30.5 Å². The molecule has 5 heteroatoms. The molecule has 3 rings (SSSR count). The summed E-state index contributed by atoms with van der Waals surface area (Å²) in [4.78, 5) is 16.4. The highest BCUT2D eigenvalue weighted by molar-refractivity contribution is 7.19. The Morgan fingerprint density at radius 1 is 1.36 bits per heavy atom. The van der Waals surface area contributed by atoms with E-state index < -0.39 is 0 Å². The number of amides is 1. The first kappa shape index (κ1) is 15.0. The lowest BCUT2D eigenvalue weighted by atomic mass is 9.85. The number of benzene rings is 1. The van der Waals surface area contributed by atoms with Crippen LogP contribution in [0.25, 0.3) is 10.6 Å². The molecule has 1 aromatic carbocycles. The summed E-state index contributed by atoms with van der Waals surface area (Å²) < 4.78 is 5.83. The zero-order valence-corrected chi connectivity index (χ0v) is 13.7. The molecule has 0 radical (unpaired) electrons. The summed E-state index contributed by atoms with van der Waals surface area (Å²) in [5.41, 5.74) is 0.963. The lowest BCUT2D eigenvalue weighted by Crippen LogP contribution is -2.27. The molecule has 1 aromatic heterocycles. The highest BCUT2D eigenvalue weighted by Crippen LogP contribution is 2.36. The average molecular weight is 316 g/mol. The molecule has 1 N–H and O–H groups in total. The third-order valence-corrected chi connectivity index (χ3v) is 4.65. The van der Waals surface area contributed by atoms with Gasteiger partial charge in [-0.1, -0.05) is 29.9 Å². The van der Waals surface area contributed by atoms with Crippen molar-refractivity contribution >= 4 is 22.2 Å². The molecule has 1 amide bonds. The number of para-hydroxylation sites is 1. The maximum atomic E-state index is 12.0. The van der Waals surface area contributed by atoms with Crippen molar-refractivity contribution in [2.75, 3.05) is 5.32 Å². The first-order chi connectivity index (χ1) is 10.6. The molecule has 116 valence electrons. The maximum absolute atomic E-state index is 12.0. The van der Waals surface area contributed by atoms with Crippen molar-refractivity contribution < 1.29 is 9.53 Å². The highest BCUT2D eigenvalue weighted by atomic mass is 32.1. The number of hydrogen-bond donors (Lipinski definition) is 1. The van der Waals surface area contributed by atoms with Gasteiger partial charge in [-0.25, -0.2) is 4.98 Å². The van der Waals surface area contributed by atoms with Gasteiger partial charge in [0, 0.05) is 5.92 Å². The van der Waals surface area contributed by atoms with Gasteiger partial charge >= 0.3 is 0 Å². The number of aromatic nitrogens is 1. The molecule has 0 spiro atoms. The number of carbonyl (C=O) groups excluding carboxylic acids is 1. The summed E-state index contributed by atoms with van der Waals surface area (Å²) in [7, 11) is 0. The molecule has 0 unspecified atom stereocenters. The van der Waals surface area contributed by atoms with Crippen LogP contribution in [0.1, 0.15) is 33.1 Å². The van der Waals surface area contributed by atoms with E-state index in [4.69, 9.17) is 4.74 Å². The van der Waals surface area contributed by atoms with Gasteiger partial charge in [-0.2, -0.15) is 0 Å². The van der Waals surface area contributed by atoms with E-state index >= 15 is 0 Å². The van der Waals surface area contributed by atoms with Gasteiger partial charge in [0.2, 0.25) is 5.91 Å². The largest absolute Gasteiger partial charge is 0.490 e. The molecule has 2 aromatic rings. The number of nitrogens with zero attached hydrogens (tertiary/aromatic N) is 1. The van der Waals surface area contributed by atoms with Crippen LogP contribution >= 0.6 is 11.3 Å². The van der Waals surface area contributed by atoms with Crippen molar-refractivity contribution in [3.8, 4) is 16.3 Å². The van der Waals surface area contributed by atoms with Gasteiger partial charge in [0.15, 0.2) is 0 Å². The Kier molecular flexibility index (Phi) is 4.43. The van der Waals surface area contributed by atoms with Gasteiger partial charge in [0.25, 0.3) is 0 Å². The van der Waals surface area contributed by atoms with Crippen molar-refractivity contribution in [2.45, 2.75) is 39.2 Å². The van der Waals surface area contributed by atoms with E-state index in [9.17, 15) is 4.79 Å². The molecule has 1 aliphatic rings. The van der Waals surface area contributed by atoms with Crippen LogP contribution in [0.3, 0.4) is 0 Å². The average Bonchev–Trinajstić information content (AvgIpc) is 2.84. The molecular weight excluding hydrogens is 296 g/mol. The predicted octanol–water partition coefficient (Wildman–Crippen LogP) is 4.34. The van der Waals surface area contributed by atoms with Gasteiger partial charge in [-0.15, -0.1) is 0 Å². The van der Waals surface area contributed by atoms with E-state index in [2.05, 4.69) is 10.3 Å². The van der Waals surface area contributed by atoms with Crippen LogP contribution < -0.4 is 10.1 Å². The van der Waals surface area contributed by atoms with E-state index in [1.54, 1.807) is 6.20 Å². The summed E-state index contributed by atoms with van der Waals surface area (Å²) in [6, 6.07) is 7.86. The van der Waals surface area contributed by atoms with Crippen molar-refractivity contribution in [2.24, 2.45) is 5.92 Å². The Hall–Kier alpha value is -1.88. The van der Waals surface area contributed by atoms with Crippen molar-refractivity contribution in [1.82, 2.24) is 4.98 Å². The SMILES string of the molecule is CC(C)Oc1ccccc1-c1ncc(NC(=O)C2CCC2)s1. The third kappa shape index (κ3) is 3.30. The fourth-order valence-electron chi connectivity index (χ4n) is 2.35. The van der Waals surface area contributed by atoms with Gasteiger partial charge in [-0.3, -0.25) is 4.79 Å². The molecule has 1 saturated carbocycles. The van der Waals surface area contributed by atoms with E-state index in [1.807, 2.05) is 38.1 Å². The highest BCUT2D eigenvalue weighted by Gasteiger charge is 2.25. The molecule has 0 atom stereocenters. The smallest absolute Gasteiger partial charge is 0.228 e. The third-order valence-electron chi connectivity index (χ3n) is 3.71. The summed E-state index contributed by atoms with van der Waals surface area (Å²) in [6.45, 7) is 4.01. The minimum atomic E-state index is 0.110. The zero-order chi connectivity index (χ0) is 15.5. The van der Waals surface area contributed by atoms with E-state index in [1.165, 1.54) is 11.3 Å². The maximum Gasteiger partial charge on any atom is 0.228 e. The molecule has 1 aliphatic carbocycles. The van der Waals surface area contributed by atoms with Crippen LogP contribution in [-0.2, 0) is 4.79 Å². The van der Waals surface area contributed by atoms with Crippen LogP contribution in [0.5, 0.6) is 5.75 Å². The van der Waals surface area contributed by atoms with E-state index in [0.29, 0.717) is 0 Å². The molecule has 4 nitrogen and oxygen atoms in total. The molecule has 0 bridgehead atoms. The number of carbonyl (C=O) groups is 1. The first-order valence-corrected chi connectivity index (χ1v) is 8.48. The van der Waals surface area contributed by atoms with Crippen LogP contribution in [0.15, 0.2) is 30.5 Å². The second kappa shape index (κ2) is 6.48. The van der Waals surface area contributed by atoms with E-state index in [-0.39, 0.29) is 17.9 Å². The van der Waals surface area contributed by atoms with Gasteiger partial charge in [0.1, 0.15) is 15.8 Å². The van der Waals surface area contributed by atoms with Crippen LogP contribution in [-0.4, -0.2) is 17.0 Å². The zero-order valence-electron chi connectivity index (χ0n) is 12.8. The Balaban J connectivity index is 1.77. The molecular formula is C17H20N2O2S. The van der Waals surface area contributed by atoms with Crippen molar-refractivity contribution in [3.63, 3.8) is 0 Å². The number of anilines is 1. The predicted molar refractivity (Wildman–Crippen MR) is 89.3 cm³/mol. The van der Waals surface area contributed by atoms with Crippen LogP contribution in [0.4, 0.5) is 5.00 Å². The second-order valence-electron chi connectivity index (χ2n) is 5.81. The quantitative estimate of drug-likeness (QED) is 0.893. The Bertz CT molecular complexity index is 662. The van der Waals surface area contributed by atoms with Crippen LogP contribution in [0.2, 0.25) is 0 Å². The van der Waals surface area contributed by atoms with Crippen molar-refractivity contribution in [1.29, 1.82) is 0 Å². The molecule has 1 fully saturated rings. The molecule has 0 saturated heterocycles. The molecule has 22 heavy (non-hydrogen) atoms. The standard InChI is InChI=1S/C17H20N2O2S/c1-11(2)21-14-9-4-3-8-13(14)17-18-10-15(22-17)19-16(20)12-6-5-7-12/h3-4,8-12H,5-7H2,1-2H3,(H,19,20). The number of nitrogens with one attached hydrogen (secondary N) is 1. The van der Waals surface area contributed by atoms with Crippen LogP contribution in [0, 0.1) is 5.92 Å². The Morgan fingerprint density at radius 2 is 2.14 bits per heavy atom. The fourth-order valence-corrected chi connectivity index (χ4v) is 3.20. The summed E-state index contributed by atoms with van der Waals surface area (Å²) >= 11 is 1.48. The second-order valence-corrected chi connectivity index (χ2v) is 6.84. The minimum absolute atomic E-state index is 0.110. The normalized spacial score (nSPS) is 14.7. The molecule has 0 aliphatic heterocycles. The number of rotatable bonds is 5. The lowest BCUT2D eigenvalue weighted by Gasteiger charge is -2.23. The monoisotopic (exact) mass is 316 g/mol. The number of ether oxygens (including phenoxy) is 1. The summed E-state index contributed by atoms with van der Waals surface area (Å²) in [5, 5.41) is 4.63. The van der Waals surface area contributed by atoms with E-state index in [0.717, 1.165) is 40.6 Å².